The van der Waals surface area contributed by atoms with Gasteiger partial charge in [0, 0.05) is 18.5 Å². The van der Waals surface area contributed by atoms with Gasteiger partial charge in [0.05, 0.1) is 38.9 Å². The SMILES string of the molecule is CC(C)N(C(C)C)P(OCCC#N)OCCCC1OCCO1. The Kier molecular flexibility index (Phi) is 10.1. The van der Waals surface area contributed by atoms with E-state index in [0.717, 1.165) is 12.8 Å². The predicted octanol–water partition coefficient (Wildman–Crippen LogP) is 3.43. The van der Waals surface area contributed by atoms with Crippen LogP contribution in [0.5, 0.6) is 0 Å². The molecule has 1 rings (SSSR count). The number of rotatable bonds is 11. The van der Waals surface area contributed by atoms with E-state index in [1.807, 2.05) is 0 Å². The number of ether oxygens (including phenoxy) is 2. The molecular formula is C15H29N2O4P. The number of hydrogen-bond donors (Lipinski definition) is 0. The molecule has 6 nitrogen and oxygen atoms in total. The molecule has 0 N–H and O–H groups in total. The van der Waals surface area contributed by atoms with Crippen LogP contribution in [0.1, 0.15) is 47.0 Å². The van der Waals surface area contributed by atoms with Gasteiger partial charge in [-0.15, -0.1) is 0 Å². The molecule has 0 spiro atoms. The summed E-state index contributed by atoms with van der Waals surface area (Å²) in [6.45, 7) is 10.9. The smallest absolute Gasteiger partial charge is 0.259 e. The molecule has 0 aromatic rings. The van der Waals surface area contributed by atoms with Crippen LogP contribution in [0.25, 0.3) is 0 Å². The molecule has 0 aliphatic carbocycles. The van der Waals surface area contributed by atoms with Crippen LogP contribution in [0, 0.1) is 11.3 Å². The van der Waals surface area contributed by atoms with Crippen molar-refractivity contribution >= 4 is 8.53 Å². The molecule has 1 heterocycles. The summed E-state index contributed by atoms with van der Waals surface area (Å²) in [5.74, 6) is 0. The maximum Gasteiger partial charge on any atom is 0.259 e. The molecule has 22 heavy (non-hydrogen) atoms. The molecule has 1 unspecified atom stereocenters. The first-order valence-electron chi connectivity index (χ1n) is 8.00. The van der Waals surface area contributed by atoms with Crippen molar-refractivity contribution in [2.75, 3.05) is 26.4 Å². The van der Waals surface area contributed by atoms with E-state index in [1.54, 1.807) is 0 Å². The van der Waals surface area contributed by atoms with Crippen molar-refractivity contribution in [1.29, 1.82) is 5.26 Å². The second-order valence-corrected chi connectivity index (χ2v) is 7.15. The van der Waals surface area contributed by atoms with E-state index in [9.17, 15) is 0 Å². The lowest BCUT2D eigenvalue weighted by molar-refractivity contribution is -0.0495. The van der Waals surface area contributed by atoms with Crippen molar-refractivity contribution < 1.29 is 18.5 Å². The molecule has 0 amide bonds. The number of hydrogen-bond acceptors (Lipinski definition) is 6. The van der Waals surface area contributed by atoms with E-state index in [2.05, 4.69) is 38.4 Å². The Balaban J connectivity index is 2.40. The molecule has 7 heteroatoms. The average Bonchev–Trinajstić information content (AvgIpc) is 2.95. The molecule has 0 aromatic carbocycles. The normalized spacial score (nSPS) is 17.5. The lowest BCUT2D eigenvalue weighted by Crippen LogP contribution is -2.33. The fraction of sp³-hybridized carbons (Fsp3) is 0.933. The quantitative estimate of drug-likeness (QED) is 0.427. The van der Waals surface area contributed by atoms with E-state index in [0.29, 0.717) is 44.9 Å². The first kappa shape index (κ1) is 19.8. The van der Waals surface area contributed by atoms with Crippen molar-refractivity contribution in [2.24, 2.45) is 0 Å². The number of nitrogens with zero attached hydrogens (tertiary/aromatic N) is 2. The maximum atomic E-state index is 8.67. The van der Waals surface area contributed by atoms with E-state index in [4.69, 9.17) is 23.8 Å². The second-order valence-electron chi connectivity index (χ2n) is 5.69. The highest BCUT2D eigenvalue weighted by molar-refractivity contribution is 7.44. The zero-order valence-electron chi connectivity index (χ0n) is 14.2. The van der Waals surface area contributed by atoms with Gasteiger partial charge in [0.2, 0.25) is 0 Å². The first-order chi connectivity index (χ1) is 10.6. The van der Waals surface area contributed by atoms with Crippen LogP contribution in [0.2, 0.25) is 0 Å². The summed E-state index contributed by atoms with van der Waals surface area (Å²) in [4.78, 5) is 0. The molecule has 1 aliphatic heterocycles. The van der Waals surface area contributed by atoms with Gasteiger partial charge in [-0.1, -0.05) is 0 Å². The lowest BCUT2D eigenvalue weighted by Gasteiger charge is -2.35. The van der Waals surface area contributed by atoms with E-state index < -0.39 is 8.53 Å². The van der Waals surface area contributed by atoms with Crippen molar-refractivity contribution in [2.45, 2.75) is 65.3 Å². The van der Waals surface area contributed by atoms with Crippen molar-refractivity contribution in [1.82, 2.24) is 4.67 Å². The second kappa shape index (κ2) is 11.3. The molecule has 1 saturated heterocycles. The topological polar surface area (TPSA) is 64.0 Å². The molecule has 0 radical (unpaired) electrons. The predicted molar refractivity (Wildman–Crippen MR) is 86.1 cm³/mol. The summed E-state index contributed by atoms with van der Waals surface area (Å²) in [6.07, 6.45) is 2.01. The Morgan fingerprint density at radius 2 is 1.73 bits per heavy atom. The highest BCUT2D eigenvalue weighted by atomic mass is 31.2. The monoisotopic (exact) mass is 332 g/mol. The Morgan fingerprint density at radius 3 is 2.27 bits per heavy atom. The fourth-order valence-electron chi connectivity index (χ4n) is 2.28. The Labute approximate surface area is 135 Å². The Bertz CT molecular complexity index is 322. The molecule has 1 atom stereocenters. The number of nitriles is 1. The van der Waals surface area contributed by atoms with Crippen LogP contribution in [-0.4, -0.2) is 49.5 Å². The average molecular weight is 332 g/mol. The van der Waals surface area contributed by atoms with Crippen molar-refractivity contribution in [3.05, 3.63) is 0 Å². The summed E-state index contributed by atoms with van der Waals surface area (Å²) >= 11 is 0. The van der Waals surface area contributed by atoms with E-state index in [1.165, 1.54) is 0 Å². The van der Waals surface area contributed by atoms with Crippen LogP contribution in [0.3, 0.4) is 0 Å². The van der Waals surface area contributed by atoms with Crippen molar-refractivity contribution in [3.8, 4) is 6.07 Å². The van der Waals surface area contributed by atoms with Gasteiger partial charge in [-0.3, -0.25) is 0 Å². The summed E-state index contributed by atoms with van der Waals surface area (Å²) in [5, 5.41) is 8.67. The minimum absolute atomic E-state index is 0.0827. The summed E-state index contributed by atoms with van der Waals surface area (Å²) in [5.41, 5.74) is 0. The maximum absolute atomic E-state index is 8.67. The lowest BCUT2D eigenvalue weighted by atomic mass is 10.3. The third-order valence-electron chi connectivity index (χ3n) is 3.14. The molecule has 0 saturated carbocycles. The summed E-state index contributed by atoms with van der Waals surface area (Å²) in [7, 11) is -1.14. The van der Waals surface area contributed by atoms with Gasteiger partial charge in [0.25, 0.3) is 8.53 Å². The largest absolute Gasteiger partial charge is 0.350 e. The van der Waals surface area contributed by atoms with Crippen LogP contribution in [-0.2, 0) is 18.5 Å². The molecule has 0 aromatic heterocycles. The van der Waals surface area contributed by atoms with Crippen molar-refractivity contribution in [3.63, 3.8) is 0 Å². The minimum atomic E-state index is -1.14. The molecular weight excluding hydrogens is 303 g/mol. The zero-order chi connectivity index (χ0) is 16.4. The standard InChI is InChI=1S/C15H29N2O4P/c1-13(2)17(14(3)4)22(21-10-6-8-16)20-9-5-7-15-18-11-12-19-15/h13-15H,5-7,9-12H2,1-4H3. The highest BCUT2D eigenvalue weighted by Gasteiger charge is 2.27. The Hall–Kier alpha value is -0.280. The first-order valence-corrected chi connectivity index (χ1v) is 9.13. The van der Waals surface area contributed by atoms with Gasteiger partial charge in [0.1, 0.15) is 0 Å². The van der Waals surface area contributed by atoms with Crippen LogP contribution >= 0.6 is 8.53 Å². The third-order valence-corrected chi connectivity index (χ3v) is 5.25. The zero-order valence-corrected chi connectivity index (χ0v) is 15.1. The highest BCUT2D eigenvalue weighted by Crippen LogP contribution is 2.46. The molecule has 0 bridgehead atoms. The van der Waals surface area contributed by atoms with Gasteiger partial charge in [-0.05, 0) is 34.1 Å². The Morgan fingerprint density at radius 1 is 1.14 bits per heavy atom. The fourth-order valence-corrected chi connectivity index (χ4v) is 3.91. The summed E-state index contributed by atoms with van der Waals surface area (Å²) < 4.78 is 24.9. The van der Waals surface area contributed by atoms with Gasteiger partial charge in [-0.2, -0.15) is 5.26 Å². The van der Waals surface area contributed by atoms with Crippen LogP contribution < -0.4 is 0 Å². The molecule has 1 fully saturated rings. The molecule has 1 aliphatic rings. The van der Waals surface area contributed by atoms with E-state index >= 15 is 0 Å². The third kappa shape index (κ3) is 7.32. The summed E-state index contributed by atoms with van der Waals surface area (Å²) in [6, 6.07) is 2.76. The minimum Gasteiger partial charge on any atom is -0.350 e. The van der Waals surface area contributed by atoms with Gasteiger partial charge in [0.15, 0.2) is 6.29 Å². The van der Waals surface area contributed by atoms with Crippen LogP contribution in [0.4, 0.5) is 0 Å². The van der Waals surface area contributed by atoms with Crippen LogP contribution in [0.15, 0.2) is 0 Å². The van der Waals surface area contributed by atoms with Gasteiger partial charge < -0.3 is 18.5 Å². The molecule has 128 valence electrons. The van der Waals surface area contributed by atoms with Gasteiger partial charge >= 0.3 is 0 Å². The van der Waals surface area contributed by atoms with Gasteiger partial charge in [-0.25, -0.2) is 4.67 Å². The van der Waals surface area contributed by atoms with E-state index in [-0.39, 0.29) is 6.29 Å².